The highest BCUT2D eigenvalue weighted by Crippen LogP contribution is 2.18. The number of carbonyl (C=O) groups excluding carboxylic acids is 1. The zero-order valence-electron chi connectivity index (χ0n) is 10.2. The Labute approximate surface area is 108 Å². The predicted octanol–water partition coefficient (Wildman–Crippen LogP) is 1.80. The van der Waals surface area contributed by atoms with Gasteiger partial charge in [0.25, 0.3) is 5.91 Å². The van der Waals surface area contributed by atoms with E-state index in [1.807, 2.05) is 0 Å². The Balaban J connectivity index is 2.44. The topological polar surface area (TPSA) is 58.6 Å². The third-order valence-electron chi connectivity index (χ3n) is 2.20. The molecule has 0 aromatic heterocycles. The molecule has 0 radical (unpaired) electrons. The lowest BCUT2D eigenvalue weighted by atomic mass is 10.1. The Morgan fingerprint density at radius 1 is 1.47 bits per heavy atom. The molecule has 1 aromatic carbocycles. The lowest BCUT2D eigenvalue weighted by molar-refractivity contribution is -0.139. The smallest absolute Gasteiger partial charge is 0.405 e. The van der Waals surface area contributed by atoms with Gasteiger partial charge in [0, 0.05) is 0 Å². The molecule has 19 heavy (non-hydrogen) atoms. The normalized spacial score (nSPS) is 12.9. The Bertz CT molecular complexity index is 432. The molecule has 1 rings (SSSR count). The number of hydrogen-bond acceptors (Lipinski definition) is 3. The van der Waals surface area contributed by atoms with Gasteiger partial charge in [-0.15, -0.1) is 0 Å². The number of benzene rings is 1. The molecule has 0 heterocycles. The third kappa shape index (κ3) is 6.10. The summed E-state index contributed by atoms with van der Waals surface area (Å²) in [7, 11) is 0. The van der Waals surface area contributed by atoms with Crippen LogP contribution in [-0.2, 0) is 4.79 Å². The van der Waals surface area contributed by atoms with E-state index >= 15 is 0 Å². The van der Waals surface area contributed by atoms with E-state index in [2.05, 4.69) is 0 Å². The molecule has 2 N–H and O–H groups in total. The molecule has 7 heteroatoms. The quantitative estimate of drug-likeness (QED) is 0.862. The average molecular weight is 277 g/mol. The van der Waals surface area contributed by atoms with Crippen molar-refractivity contribution in [1.82, 2.24) is 5.32 Å². The fourth-order valence-corrected chi connectivity index (χ4v) is 1.26. The summed E-state index contributed by atoms with van der Waals surface area (Å²) in [5.74, 6) is -0.555. The minimum absolute atomic E-state index is 0.306. The van der Waals surface area contributed by atoms with Crippen LogP contribution < -0.4 is 10.1 Å². The Kier molecular flexibility index (Phi) is 5.17. The second kappa shape index (κ2) is 6.42. The summed E-state index contributed by atoms with van der Waals surface area (Å²) in [6.45, 7) is -0.336. The standard InChI is InChI=1S/C12H14F3NO3/c1-8(17)9-3-2-4-10(5-9)19-6-11(18)16-7-12(13,14)15/h2-5,8,17H,6-7H2,1H3,(H,16,18)/t8-/m1/s1. The molecule has 0 spiro atoms. The monoisotopic (exact) mass is 277 g/mol. The highest BCUT2D eigenvalue weighted by atomic mass is 19.4. The molecular weight excluding hydrogens is 263 g/mol. The van der Waals surface area contributed by atoms with Gasteiger partial charge < -0.3 is 15.2 Å². The summed E-state index contributed by atoms with van der Waals surface area (Å²) in [5.41, 5.74) is 0.591. The van der Waals surface area contributed by atoms with Crippen LogP contribution in [0.15, 0.2) is 24.3 Å². The van der Waals surface area contributed by atoms with Crippen LogP contribution in [0.1, 0.15) is 18.6 Å². The molecular formula is C12H14F3NO3. The van der Waals surface area contributed by atoms with E-state index in [-0.39, 0.29) is 0 Å². The number of rotatable bonds is 5. The van der Waals surface area contributed by atoms with Crippen LogP contribution in [0.25, 0.3) is 0 Å². The minimum atomic E-state index is -4.44. The maximum atomic E-state index is 11.8. The van der Waals surface area contributed by atoms with E-state index < -0.39 is 31.3 Å². The van der Waals surface area contributed by atoms with Crippen molar-refractivity contribution in [1.29, 1.82) is 0 Å². The number of nitrogens with one attached hydrogen (secondary N) is 1. The first kappa shape index (κ1) is 15.3. The molecule has 1 amide bonds. The second-order valence-electron chi connectivity index (χ2n) is 3.93. The average Bonchev–Trinajstić information content (AvgIpc) is 2.33. The molecule has 0 saturated carbocycles. The van der Waals surface area contributed by atoms with Gasteiger partial charge in [-0.25, -0.2) is 0 Å². The Morgan fingerprint density at radius 2 is 2.16 bits per heavy atom. The number of alkyl halides is 3. The molecule has 0 aliphatic heterocycles. The van der Waals surface area contributed by atoms with Gasteiger partial charge in [-0.05, 0) is 24.6 Å². The lowest BCUT2D eigenvalue weighted by Gasteiger charge is -2.11. The van der Waals surface area contributed by atoms with Gasteiger partial charge in [0.2, 0.25) is 0 Å². The van der Waals surface area contributed by atoms with Crippen molar-refractivity contribution in [3.8, 4) is 5.75 Å². The summed E-state index contributed by atoms with van der Waals surface area (Å²) in [6.07, 6.45) is -5.13. The summed E-state index contributed by atoms with van der Waals surface area (Å²) >= 11 is 0. The van der Waals surface area contributed by atoms with Gasteiger partial charge in [-0.2, -0.15) is 13.2 Å². The number of hydrogen-bond donors (Lipinski definition) is 2. The van der Waals surface area contributed by atoms with Crippen LogP contribution >= 0.6 is 0 Å². The molecule has 1 aromatic rings. The largest absolute Gasteiger partial charge is 0.484 e. The van der Waals surface area contributed by atoms with Crippen molar-refractivity contribution in [3.05, 3.63) is 29.8 Å². The zero-order valence-corrected chi connectivity index (χ0v) is 10.2. The van der Waals surface area contributed by atoms with Gasteiger partial charge in [-0.1, -0.05) is 12.1 Å². The zero-order chi connectivity index (χ0) is 14.5. The highest BCUT2D eigenvalue weighted by molar-refractivity contribution is 5.77. The molecule has 0 bridgehead atoms. The van der Waals surface area contributed by atoms with Gasteiger partial charge in [0.15, 0.2) is 6.61 Å². The van der Waals surface area contributed by atoms with Gasteiger partial charge in [0.05, 0.1) is 6.10 Å². The Hall–Kier alpha value is -1.76. The van der Waals surface area contributed by atoms with E-state index in [1.165, 1.54) is 6.07 Å². The van der Waals surface area contributed by atoms with Crippen molar-refractivity contribution >= 4 is 5.91 Å². The summed E-state index contributed by atoms with van der Waals surface area (Å²) in [5, 5.41) is 11.0. The predicted molar refractivity (Wildman–Crippen MR) is 61.6 cm³/mol. The SMILES string of the molecule is C[C@@H](O)c1cccc(OCC(=O)NCC(F)(F)F)c1. The van der Waals surface area contributed by atoms with Crippen LogP contribution in [0.3, 0.4) is 0 Å². The van der Waals surface area contributed by atoms with Crippen molar-refractivity contribution in [2.45, 2.75) is 19.2 Å². The maximum Gasteiger partial charge on any atom is 0.405 e. The molecule has 4 nitrogen and oxygen atoms in total. The number of aliphatic hydroxyl groups is 1. The van der Waals surface area contributed by atoms with Gasteiger partial charge >= 0.3 is 6.18 Å². The first-order valence-electron chi connectivity index (χ1n) is 5.52. The van der Waals surface area contributed by atoms with Crippen LogP contribution in [0.2, 0.25) is 0 Å². The molecule has 0 fully saturated rings. The first-order chi connectivity index (χ1) is 8.78. The second-order valence-corrected chi connectivity index (χ2v) is 3.93. The number of carbonyl (C=O) groups is 1. The fraction of sp³-hybridized carbons (Fsp3) is 0.417. The highest BCUT2D eigenvalue weighted by Gasteiger charge is 2.27. The first-order valence-corrected chi connectivity index (χ1v) is 5.52. The van der Waals surface area contributed by atoms with Crippen molar-refractivity contribution in [2.75, 3.05) is 13.2 Å². The number of aliphatic hydroxyl groups excluding tert-OH is 1. The molecule has 0 saturated heterocycles. The van der Waals surface area contributed by atoms with E-state index in [1.54, 1.807) is 30.4 Å². The Morgan fingerprint density at radius 3 is 2.74 bits per heavy atom. The molecule has 1 atom stereocenters. The lowest BCUT2D eigenvalue weighted by Crippen LogP contribution is -2.36. The van der Waals surface area contributed by atoms with Crippen molar-refractivity contribution < 1.29 is 27.8 Å². The molecule has 0 aliphatic rings. The van der Waals surface area contributed by atoms with E-state index in [4.69, 9.17) is 4.74 Å². The minimum Gasteiger partial charge on any atom is -0.484 e. The van der Waals surface area contributed by atoms with Gasteiger partial charge in [0.1, 0.15) is 12.3 Å². The molecule has 0 unspecified atom stereocenters. The third-order valence-corrected chi connectivity index (χ3v) is 2.20. The number of amides is 1. The van der Waals surface area contributed by atoms with Crippen LogP contribution in [0.4, 0.5) is 13.2 Å². The number of halogens is 3. The molecule has 0 aliphatic carbocycles. The fourth-order valence-electron chi connectivity index (χ4n) is 1.26. The van der Waals surface area contributed by atoms with Crippen molar-refractivity contribution in [3.63, 3.8) is 0 Å². The van der Waals surface area contributed by atoms with E-state index in [9.17, 15) is 23.1 Å². The van der Waals surface area contributed by atoms with E-state index in [0.717, 1.165) is 0 Å². The summed E-state index contributed by atoms with van der Waals surface area (Å²) in [6, 6.07) is 6.34. The van der Waals surface area contributed by atoms with Crippen LogP contribution in [0, 0.1) is 0 Å². The van der Waals surface area contributed by atoms with Crippen LogP contribution in [-0.4, -0.2) is 30.3 Å². The van der Waals surface area contributed by atoms with Gasteiger partial charge in [-0.3, -0.25) is 4.79 Å². The summed E-state index contributed by atoms with van der Waals surface area (Å²) in [4.78, 5) is 11.1. The molecule has 106 valence electrons. The maximum absolute atomic E-state index is 11.8. The van der Waals surface area contributed by atoms with Crippen LogP contribution in [0.5, 0.6) is 5.75 Å². The number of ether oxygens (including phenoxy) is 1. The van der Waals surface area contributed by atoms with E-state index in [0.29, 0.717) is 11.3 Å². The summed E-state index contributed by atoms with van der Waals surface area (Å²) < 4.78 is 40.5. The van der Waals surface area contributed by atoms with Crippen molar-refractivity contribution in [2.24, 2.45) is 0 Å².